The second kappa shape index (κ2) is 8.34. The zero-order valence-corrected chi connectivity index (χ0v) is 18.9. The minimum Gasteiger partial charge on any atom is -0.461 e. The van der Waals surface area contributed by atoms with Gasteiger partial charge in [0.2, 0.25) is 0 Å². The smallest absolute Gasteiger partial charge is 0.311 e. The average molecular weight is 425 g/mol. The molecule has 4 aliphatic rings. The largest absolute Gasteiger partial charge is 0.461 e. The number of fused-ring (bicyclic) bond motifs is 2. The number of rotatable bonds is 4. The lowest BCUT2D eigenvalue weighted by Gasteiger charge is -2.52. The van der Waals surface area contributed by atoms with Crippen molar-refractivity contribution in [1.82, 2.24) is 9.80 Å². The Hall–Kier alpha value is -1.69. The van der Waals surface area contributed by atoms with Crippen LogP contribution in [0.5, 0.6) is 0 Å². The lowest BCUT2D eigenvalue weighted by atomic mass is 9.55. The molecular formula is C26H36N2O3. The van der Waals surface area contributed by atoms with Crippen molar-refractivity contribution in [1.29, 1.82) is 0 Å². The Morgan fingerprint density at radius 2 is 1.84 bits per heavy atom. The van der Waals surface area contributed by atoms with Crippen LogP contribution in [0.4, 0.5) is 0 Å². The molecule has 1 aromatic rings. The van der Waals surface area contributed by atoms with E-state index in [-0.39, 0.29) is 29.3 Å². The standard InChI is InChI=1S/C26H36N2O3/c1-18-7-6-10-20-15-22-23(24(29)26(18,20)2)21(25(30)31-22)17-28-13-11-27(12-14-28)16-19-8-4-3-5-9-19/h3-5,8-10,18,21-24,29H,6-7,11-17H2,1-2H3/t18-,21-,22-,23-,24+,26-/m1/s1. The van der Waals surface area contributed by atoms with Crippen molar-refractivity contribution in [2.75, 3.05) is 32.7 Å². The molecule has 1 N–H and O–H groups in total. The number of hydrogen-bond acceptors (Lipinski definition) is 5. The molecule has 0 spiro atoms. The average Bonchev–Trinajstić information content (AvgIpc) is 3.07. The van der Waals surface area contributed by atoms with Crippen LogP contribution in [0.25, 0.3) is 0 Å². The molecule has 31 heavy (non-hydrogen) atoms. The Morgan fingerprint density at radius 3 is 2.58 bits per heavy atom. The highest BCUT2D eigenvalue weighted by molar-refractivity contribution is 5.76. The molecule has 5 nitrogen and oxygen atoms in total. The van der Waals surface area contributed by atoms with Gasteiger partial charge in [-0.25, -0.2) is 0 Å². The fraction of sp³-hybridized carbons (Fsp3) is 0.654. The first kappa shape index (κ1) is 21.2. The van der Waals surface area contributed by atoms with Crippen molar-refractivity contribution in [2.24, 2.45) is 23.2 Å². The molecule has 0 bridgehead atoms. The van der Waals surface area contributed by atoms with E-state index in [1.54, 1.807) is 0 Å². The minimum atomic E-state index is -0.511. The molecule has 5 heteroatoms. The fourth-order valence-corrected chi connectivity index (χ4v) is 6.52. The molecule has 0 amide bonds. The Kier molecular flexibility index (Phi) is 5.70. The van der Waals surface area contributed by atoms with Gasteiger partial charge in [-0.1, -0.05) is 55.8 Å². The summed E-state index contributed by atoms with van der Waals surface area (Å²) in [5.41, 5.74) is 2.44. The second-order valence-electron chi connectivity index (χ2n) is 10.4. The highest BCUT2D eigenvalue weighted by atomic mass is 16.6. The van der Waals surface area contributed by atoms with Crippen molar-refractivity contribution in [3.8, 4) is 0 Å². The van der Waals surface area contributed by atoms with Gasteiger partial charge in [0, 0.05) is 57.0 Å². The highest BCUT2D eigenvalue weighted by Crippen LogP contribution is 2.56. The number of aliphatic hydroxyl groups excluding tert-OH is 1. The van der Waals surface area contributed by atoms with Gasteiger partial charge in [0.1, 0.15) is 6.10 Å². The van der Waals surface area contributed by atoms with E-state index in [0.29, 0.717) is 12.5 Å². The molecule has 0 unspecified atom stereocenters. The molecule has 2 heterocycles. The van der Waals surface area contributed by atoms with Gasteiger partial charge >= 0.3 is 5.97 Å². The topological polar surface area (TPSA) is 53.0 Å². The van der Waals surface area contributed by atoms with Crippen LogP contribution in [0.3, 0.4) is 0 Å². The molecule has 6 atom stereocenters. The molecule has 0 aromatic heterocycles. The first-order chi connectivity index (χ1) is 15.0. The maximum absolute atomic E-state index is 12.9. The summed E-state index contributed by atoms with van der Waals surface area (Å²) in [5, 5.41) is 11.5. The van der Waals surface area contributed by atoms with Gasteiger partial charge < -0.3 is 9.84 Å². The van der Waals surface area contributed by atoms with Crippen LogP contribution >= 0.6 is 0 Å². The Balaban J connectivity index is 1.24. The SMILES string of the molecule is C[C@@H]1CCC=C2C[C@H]3OC(=O)[C@H](CN4CCN(Cc5ccccc5)CC4)[C@H]3[C@H](O)[C@@]21C. The first-order valence-electron chi connectivity index (χ1n) is 12.0. The third-order valence-corrected chi connectivity index (χ3v) is 8.74. The van der Waals surface area contributed by atoms with Gasteiger partial charge in [-0.05, 0) is 24.3 Å². The molecule has 0 radical (unpaired) electrons. The van der Waals surface area contributed by atoms with Crippen LogP contribution in [0.1, 0.15) is 38.7 Å². The summed E-state index contributed by atoms with van der Waals surface area (Å²) in [4.78, 5) is 17.8. The summed E-state index contributed by atoms with van der Waals surface area (Å²) in [7, 11) is 0. The number of hydrogen-bond donors (Lipinski definition) is 1. The number of piperazine rings is 1. The van der Waals surface area contributed by atoms with Crippen molar-refractivity contribution >= 4 is 5.97 Å². The van der Waals surface area contributed by atoms with Crippen LogP contribution in [0, 0.1) is 23.2 Å². The van der Waals surface area contributed by atoms with Crippen LogP contribution in [-0.4, -0.2) is 65.8 Å². The Morgan fingerprint density at radius 1 is 1.13 bits per heavy atom. The molecule has 1 aromatic carbocycles. The number of nitrogens with zero attached hydrogens (tertiary/aromatic N) is 2. The van der Waals surface area contributed by atoms with E-state index >= 15 is 0 Å². The van der Waals surface area contributed by atoms with Crippen LogP contribution in [0.15, 0.2) is 42.0 Å². The summed E-state index contributed by atoms with van der Waals surface area (Å²) in [5.74, 6) is 0.0309. The molecule has 1 saturated carbocycles. The molecule has 2 aliphatic heterocycles. The minimum absolute atomic E-state index is 0.0856. The van der Waals surface area contributed by atoms with E-state index < -0.39 is 6.10 Å². The summed E-state index contributed by atoms with van der Waals surface area (Å²) < 4.78 is 5.84. The third kappa shape index (κ3) is 3.75. The second-order valence-corrected chi connectivity index (χ2v) is 10.4. The Labute approximate surface area is 186 Å². The zero-order valence-electron chi connectivity index (χ0n) is 18.9. The number of esters is 1. The van der Waals surface area contributed by atoms with Gasteiger partial charge in [0.15, 0.2) is 0 Å². The highest BCUT2D eigenvalue weighted by Gasteiger charge is 2.59. The number of carbonyl (C=O) groups excluding carboxylic acids is 1. The number of allylic oxidation sites excluding steroid dienone is 1. The number of benzene rings is 1. The summed E-state index contributed by atoms with van der Waals surface area (Å²) in [6.45, 7) is 10.1. The predicted molar refractivity (Wildman–Crippen MR) is 120 cm³/mol. The number of aliphatic hydroxyl groups is 1. The van der Waals surface area contributed by atoms with Gasteiger partial charge in [0.25, 0.3) is 0 Å². The maximum atomic E-state index is 12.9. The molecule has 3 fully saturated rings. The maximum Gasteiger partial charge on any atom is 0.311 e. The van der Waals surface area contributed by atoms with E-state index in [0.717, 1.165) is 52.0 Å². The van der Waals surface area contributed by atoms with Crippen LogP contribution in [-0.2, 0) is 16.1 Å². The summed E-state index contributed by atoms with van der Waals surface area (Å²) >= 11 is 0. The van der Waals surface area contributed by atoms with Crippen molar-refractivity contribution in [3.63, 3.8) is 0 Å². The normalized spacial score (nSPS) is 38.9. The van der Waals surface area contributed by atoms with E-state index in [2.05, 4.69) is 60.1 Å². The molecule has 5 rings (SSSR count). The van der Waals surface area contributed by atoms with E-state index in [9.17, 15) is 9.90 Å². The van der Waals surface area contributed by atoms with Gasteiger partial charge in [-0.15, -0.1) is 0 Å². The van der Waals surface area contributed by atoms with E-state index in [4.69, 9.17) is 4.74 Å². The van der Waals surface area contributed by atoms with E-state index in [1.165, 1.54) is 11.1 Å². The van der Waals surface area contributed by atoms with Crippen LogP contribution in [0.2, 0.25) is 0 Å². The van der Waals surface area contributed by atoms with Crippen molar-refractivity contribution in [3.05, 3.63) is 47.5 Å². The summed E-state index contributed by atoms with van der Waals surface area (Å²) in [6, 6.07) is 10.6. The summed E-state index contributed by atoms with van der Waals surface area (Å²) in [6.07, 6.45) is 4.61. The van der Waals surface area contributed by atoms with Gasteiger partial charge in [-0.2, -0.15) is 0 Å². The van der Waals surface area contributed by atoms with E-state index in [1.807, 2.05) is 0 Å². The third-order valence-electron chi connectivity index (χ3n) is 8.74. The molecular weight excluding hydrogens is 388 g/mol. The van der Waals surface area contributed by atoms with Crippen molar-refractivity contribution < 1.29 is 14.6 Å². The van der Waals surface area contributed by atoms with Crippen LogP contribution < -0.4 is 0 Å². The quantitative estimate of drug-likeness (QED) is 0.595. The molecule has 2 aliphatic carbocycles. The monoisotopic (exact) mass is 424 g/mol. The van der Waals surface area contributed by atoms with Gasteiger partial charge in [0.05, 0.1) is 12.0 Å². The Bertz CT molecular complexity index is 832. The first-order valence-corrected chi connectivity index (χ1v) is 12.0. The zero-order chi connectivity index (χ0) is 21.6. The van der Waals surface area contributed by atoms with Crippen molar-refractivity contribution in [2.45, 2.75) is 51.9 Å². The van der Waals surface area contributed by atoms with Gasteiger partial charge in [-0.3, -0.25) is 14.6 Å². The number of carbonyl (C=O) groups is 1. The molecule has 168 valence electrons. The fourth-order valence-electron chi connectivity index (χ4n) is 6.52. The lowest BCUT2D eigenvalue weighted by Crippen LogP contribution is -2.55. The molecule has 2 saturated heterocycles. The number of ether oxygens (including phenoxy) is 1. The predicted octanol–water partition coefficient (Wildman–Crippen LogP) is 3.09. The lowest BCUT2D eigenvalue weighted by molar-refractivity contribution is -0.145.